The molecule has 2 N–H and O–H groups in total. The standard InChI is InChI=1S/C8H15BrN2O/c1-6(10)8(12)11-4-2-7(9)3-5-11/h6-7H,2-5,10H2,1H3. The summed E-state index contributed by atoms with van der Waals surface area (Å²) in [4.78, 5) is 13.8. The molecule has 1 heterocycles. The molecule has 1 amide bonds. The van der Waals surface area contributed by atoms with E-state index in [4.69, 9.17) is 5.73 Å². The molecule has 4 heteroatoms. The van der Waals surface area contributed by atoms with Crippen LogP contribution in [0.5, 0.6) is 0 Å². The smallest absolute Gasteiger partial charge is 0.239 e. The van der Waals surface area contributed by atoms with Crippen LogP contribution in [-0.4, -0.2) is 34.8 Å². The predicted molar refractivity (Wildman–Crippen MR) is 52.2 cm³/mol. The molecule has 0 aromatic rings. The summed E-state index contributed by atoms with van der Waals surface area (Å²) in [5.41, 5.74) is 5.50. The van der Waals surface area contributed by atoms with E-state index in [2.05, 4.69) is 15.9 Å². The van der Waals surface area contributed by atoms with Gasteiger partial charge in [-0.25, -0.2) is 0 Å². The van der Waals surface area contributed by atoms with Gasteiger partial charge in [0, 0.05) is 17.9 Å². The van der Waals surface area contributed by atoms with Crippen LogP contribution in [-0.2, 0) is 4.79 Å². The van der Waals surface area contributed by atoms with E-state index in [0.29, 0.717) is 4.83 Å². The molecule has 70 valence electrons. The minimum atomic E-state index is -0.350. The van der Waals surface area contributed by atoms with E-state index in [-0.39, 0.29) is 11.9 Å². The van der Waals surface area contributed by atoms with Crippen LogP contribution < -0.4 is 5.73 Å². The first-order chi connectivity index (χ1) is 5.61. The van der Waals surface area contributed by atoms with Crippen LogP contribution in [0.4, 0.5) is 0 Å². The average molecular weight is 235 g/mol. The fourth-order valence-corrected chi connectivity index (χ4v) is 1.77. The van der Waals surface area contributed by atoms with Crippen molar-refractivity contribution in [2.75, 3.05) is 13.1 Å². The molecule has 0 radical (unpaired) electrons. The van der Waals surface area contributed by atoms with Gasteiger partial charge in [-0.2, -0.15) is 0 Å². The lowest BCUT2D eigenvalue weighted by atomic mass is 10.1. The van der Waals surface area contributed by atoms with Gasteiger partial charge >= 0.3 is 0 Å². The topological polar surface area (TPSA) is 46.3 Å². The lowest BCUT2D eigenvalue weighted by molar-refractivity contribution is -0.132. The number of hydrogen-bond acceptors (Lipinski definition) is 2. The molecule has 1 aliphatic heterocycles. The highest BCUT2D eigenvalue weighted by atomic mass is 79.9. The highest BCUT2D eigenvalue weighted by Crippen LogP contribution is 2.17. The third kappa shape index (κ3) is 2.45. The van der Waals surface area contributed by atoms with Crippen LogP contribution in [0.1, 0.15) is 19.8 Å². The Labute approximate surface area is 81.4 Å². The third-order valence-corrected chi connectivity index (χ3v) is 3.04. The number of nitrogens with two attached hydrogens (primary N) is 1. The monoisotopic (exact) mass is 234 g/mol. The fourth-order valence-electron chi connectivity index (χ4n) is 1.36. The van der Waals surface area contributed by atoms with Crippen LogP contribution in [0.2, 0.25) is 0 Å². The molecule has 3 nitrogen and oxygen atoms in total. The van der Waals surface area contributed by atoms with E-state index >= 15 is 0 Å². The molecule has 0 spiro atoms. The largest absolute Gasteiger partial charge is 0.341 e. The first kappa shape index (κ1) is 9.99. The zero-order chi connectivity index (χ0) is 9.14. The summed E-state index contributed by atoms with van der Waals surface area (Å²) in [6.45, 7) is 3.43. The quantitative estimate of drug-likeness (QED) is 0.680. The van der Waals surface area contributed by atoms with E-state index in [1.807, 2.05) is 4.90 Å². The molecule has 0 saturated carbocycles. The molecule has 0 bridgehead atoms. The number of halogens is 1. The number of alkyl halides is 1. The molecule has 0 aromatic carbocycles. The minimum absolute atomic E-state index is 0.0781. The maximum absolute atomic E-state index is 11.4. The summed E-state index contributed by atoms with van der Waals surface area (Å²) in [6, 6.07) is -0.350. The van der Waals surface area contributed by atoms with Crippen molar-refractivity contribution in [3.8, 4) is 0 Å². The van der Waals surface area contributed by atoms with Crippen LogP contribution >= 0.6 is 15.9 Å². The molecule has 1 fully saturated rings. The summed E-state index contributed by atoms with van der Waals surface area (Å²) in [6.07, 6.45) is 2.08. The number of amides is 1. The van der Waals surface area contributed by atoms with Gasteiger partial charge in [-0.3, -0.25) is 4.79 Å². The molecule has 0 aromatic heterocycles. The van der Waals surface area contributed by atoms with Crippen LogP contribution in [0.25, 0.3) is 0 Å². The van der Waals surface area contributed by atoms with Gasteiger partial charge in [0.05, 0.1) is 6.04 Å². The molecule has 1 atom stereocenters. The predicted octanol–water partition coefficient (Wildman–Crippen LogP) is 0.720. The van der Waals surface area contributed by atoms with Gasteiger partial charge in [-0.1, -0.05) is 15.9 Å². The third-order valence-electron chi connectivity index (χ3n) is 2.13. The number of carbonyl (C=O) groups is 1. The van der Waals surface area contributed by atoms with Gasteiger partial charge in [0.15, 0.2) is 0 Å². The van der Waals surface area contributed by atoms with Gasteiger partial charge in [0.2, 0.25) is 5.91 Å². The van der Waals surface area contributed by atoms with E-state index in [1.165, 1.54) is 0 Å². The lowest BCUT2D eigenvalue weighted by Crippen LogP contribution is -2.46. The van der Waals surface area contributed by atoms with E-state index < -0.39 is 0 Å². The number of rotatable bonds is 1. The van der Waals surface area contributed by atoms with Gasteiger partial charge in [0.1, 0.15) is 0 Å². The van der Waals surface area contributed by atoms with Gasteiger partial charge in [-0.15, -0.1) is 0 Å². The summed E-state index contributed by atoms with van der Waals surface area (Å²) >= 11 is 3.53. The van der Waals surface area contributed by atoms with Crippen molar-refractivity contribution < 1.29 is 4.79 Å². The van der Waals surface area contributed by atoms with Crippen molar-refractivity contribution in [1.29, 1.82) is 0 Å². The zero-order valence-electron chi connectivity index (χ0n) is 7.29. The van der Waals surface area contributed by atoms with Crippen LogP contribution in [0.3, 0.4) is 0 Å². The van der Waals surface area contributed by atoms with Gasteiger partial charge in [-0.05, 0) is 19.8 Å². The number of likely N-dealkylation sites (tertiary alicyclic amines) is 1. The SMILES string of the molecule is CC(N)C(=O)N1CCC(Br)CC1. The Bertz CT molecular complexity index is 164. The summed E-state index contributed by atoms with van der Waals surface area (Å²) < 4.78 is 0. The van der Waals surface area contributed by atoms with E-state index in [0.717, 1.165) is 25.9 Å². The van der Waals surface area contributed by atoms with Crippen molar-refractivity contribution >= 4 is 21.8 Å². The van der Waals surface area contributed by atoms with Crippen molar-refractivity contribution in [2.24, 2.45) is 5.73 Å². The van der Waals surface area contributed by atoms with Crippen molar-refractivity contribution in [1.82, 2.24) is 4.90 Å². The first-order valence-corrected chi connectivity index (χ1v) is 5.21. The highest BCUT2D eigenvalue weighted by Gasteiger charge is 2.22. The number of piperidine rings is 1. The fraction of sp³-hybridized carbons (Fsp3) is 0.875. The summed E-state index contributed by atoms with van der Waals surface area (Å²) in [7, 11) is 0. The van der Waals surface area contributed by atoms with E-state index in [1.54, 1.807) is 6.92 Å². The summed E-state index contributed by atoms with van der Waals surface area (Å²) in [5.74, 6) is 0.0781. The summed E-state index contributed by atoms with van der Waals surface area (Å²) in [5, 5.41) is 0. The van der Waals surface area contributed by atoms with Gasteiger partial charge in [0.25, 0.3) is 0 Å². The minimum Gasteiger partial charge on any atom is -0.341 e. The Morgan fingerprint density at radius 1 is 1.58 bits per heavy atom. The molecule has 1 saturated heterocycles. The Kier molecular flexibility index (Phi) is 3.53. The maximum Gasteiger partial charge on any atom is 0.239 e. The first-order valence-electron chi connectivity index (χ1n) is 4.29. The normalized spacial score (nSPS) is 22.4. The van der Waals surface area contributed by atoms with Gasteiger partial charge < -0.3 is 10.6 Å². The Morgan fingerprint density at radius 2 is 2.08 bits per heavy atom. The Hall–Kier alpha value is -0.0900. The Morgan fingerprint density at radius 3 is 2.50 bits per heavy atom. The zero-order valence-corrected chi connectivity index (χ0v) is 8.88. The molecule has 12 heavy (non-hydrogen) atoms. The maximum atomic E-state index is 11.4. The van der Waals surface area contributed by atoms with E-state index in [9.17, 15) is 4.79 Å². The van der Waals surface area contributed by atoms with Crippen molar-refractivity contribution in [3.63, 3.8) is 0 Å². The number of nitrogens with zero attached hydrogens (tertiary/aromatic N) is 1. The second kappa shape index (κ2) is 4.23. The molecule has 1 aliphatic rings. The molecule has 0 aliphatic carbocycles. The second-order valence-electron chi connectivity index (χ2n) is 3.29. The van der Waals surface area contributed by atoms with Crippen molar-refractivity contribution in [2.45, 2.75) is 30.6 Å². The molecule has 1 unspecified atom stereocenters. The number of carbonyl (C=O) groups excluding carboxylic acids is 1. The second-order valence-corrected chi connectivity index (χ2v) is 4.58. The average Bonchev–Trinajstić information content (AvgIpc) is 2.04. The van der Waals surface area contributed by atoms with Crippen molar-refractivity contribution in [3.05, 3.63) is 0 Å². The van der Waals surface area contributed by atoms with Crippen LogP contribution in [0, 0.1) is 0 Å². The van der Waals surface area contributed by atoms with Crippen LogP contribution in [0.15, 0.2) is 0 Å². The number of hydrogen-bond donors (Lipinski definition) is 1. The molecular weight excluding hydrogens is 220 g/mol. The highest BCUT2D eigenvalue weighted by molar-refractivity contribution is 9.09. The molecule has 1 rings (SSSR count). The molecular formula is C8H15BrN2O. The lowest BCUT2D eigenvalue weighted by Gasteiger charge is -2.30. The Balaban J connectivity index is 2.39.